The number of carbonyl (C=O) groups is 3. The lowest BCUT2D eigenvalue weighted by Gasteiger charge is -2.32. The van der Waals surface area contributed by atoms with E-state index in [2.05, 4.69) is 35.6 Å². The standard InChI is InChI=1S/C32H34F2N10O4/c33-29(34)28-25(37-32(47)24-13-36-43-8-5-26(38-30(24)43)42-15-22-10-21(42)17-48-22)16-44(40-28)20-3-6-41(7-4-20)14-18-9-19(12-35-11-18)23-1-2-27(45)39-31(23)46/h5,8-9,11-13,16,20-23,29H,1-4,6-7,10,14-15,17H2,(H,37,47)(H,39,45,46)/t21-,22-,23?/m1/s1. The van der Waals surface area contributed by atoms with Gasteiger partial charge in [0, 0.05) is 57.4 Å². The molecule has 0 aromatic carbocycles. The highest BCUT2D eigenvalue weighted by molar-refractivity contribution is 6.08. The molecule has 4 saturated heterocycles. The van der Waals surface area contributed by atoms with Crippen molar-refractivity contribution >= 4 is 34.9 Å². The van der Waals surface area contributed by atoms with E-state index in [1.807, 2.05) is 12.1 Å². The van der Waals surface area contributed by atoms with E-state index in [1.54, 1.807) is 18.6 Å². The highest BCUT2D eigenvalue weighted by Gasteiger charge is 2.40. The van der Waals surface area contributed by atoms with E-state index < -0.39 is 23.9 Å². The van der Waals surface area contributed by atoms with Crippen LogP contribution in [-0.4, -0.2) is 90.4 Å². The largest absolute Gasteiger partial charge is 0.374 e. The molecule has 48 heavy (non-hydrogen) atoms. The van der Waals surface area contributed by atoms with Crippen molar-refractivity contribution in [3.05, 3.63) is 65.5 Å². The Labute approximate surface area is 273 Å². The maximum Gasteiger partial charge on any atom is 0.284 e. The Morgan fingerprint density at radius 3 is 2.73 bits per heavy atom. The van der Waals surface area contributed by atoms with Crippen LogP contribution in [-0.2, 0) is 20.9 Å². The van der Waals surface area contributed by atoms with E-state index in [1.165, 1.54) is 21.6 Å². The maximum absolute atomic E-state index is 14.1. The van der Waals surface area contributed by atoms with Gasteiger partial charge in [0.1, 0.15) is 11.4 Å². The first-order valence-electron chi connectivity index (χ1n) is 16.2. The Morgan fingerprint density at radius 1 is 1.12 bits per heavy atom. The average Bonchev–Trinajstić information content (AvgIpc) is 3.89. The molecule has 0 saturated carbocycles. The second kappa shape index (κ2) is 12.3. The first kappa shape index (κ1) is 30.5. The highest BCUT2D eigenvalue weighted by atomic mass is 19.3. The summed E-state index contributed by atoms with van der Waals surface area (Å²) in [6, 6.07) is 3.92. The van der Waals surface area contributed by atoms with Gasteiger partial charge in [-0.25, -0.2) is 18.3 Å². The van der Waals surface area contributed by atoms with Gasteiger partial charge in [-0.05, 0) is 42.9 Å². The van der Waals surface area contributed by atoms with Crippen molar-refractivity contribution in [2.24, 2.45) is 0 Å². The second-order valence-electron chi connectivity index (χ2n) is 12.9. The highest BCUT2D eigenvalue weighted by Crippen LogP contribution is 2.33. The lowest BCUT2D eigenvalue weighted by atomic mass is 9.91. The third kappa shape index (κ3) is 5.78. The van der Waals surface area contributed by atoms with Gasteiger partial charge < -0.3 is 15.0 Å². The zero-order valence-corrected chi connectivity index (χ0v) is 26.0. The van der Waals surface area contributed by atoms with Crippen molar-refractivity contribution in [3.8, 4) is 0 Å². The van der Waals surface area contributed by atoms with Crippen LogP contribution in [0.1, 0.15) is 77.7 Å². The number of carbonyl (C=O) groups excluding carboxylic acids is 3. The molecule has 250 valence electrons. The zero-order chi connectivity index (χ0) is 32.9. The minimum absolute atomic E-state index is 0.0433. The number of halogens is 2. The number of imide groups is 1. The van der Waals surface area contributed by atoms with Crippen LogP contribution in [0.3, 0.4) is 0 Å². The van der Waals surface area contributed by atoms with Crippen LogP contribution in [0.2, 0.25) is 0 Å². The molecule has 0 radical (unpaired) electrons. The molecule has 2 N–H and O–H groups in total. The molecule has 4 aromatic heterocycles. The molecule has 8 rings (SSSR count). The number of nitrogens with zero attached hydrogens (tertiary/aromatic N) is 8. The fraction of sp³-hybridized carbons (Fsp3) is 0.469. The second-order valence-corrected chi connectivity index (χ2v) is 12.9. The molecule has 0 aliphatic carbocycles. The fourth-order valence-corrected chi connectivity index (χ4v) is 7.30. The van der Waals surface area contributed by atoms with Crippen LogP contribution >= 0.6 is 0 Å². The number of morpholine rings is 1. The van der Waals surface area contributed by atoms with Crippen LogP contribution in [0.5, 0.6) is 0 Å². The van der Waals surface area contributed by atoms with Gasteiger partial charge in [-0.3, -0.25) is 34.3 Å². The van der Waals surface area contributed by atoms with Gasteiger partial charge in [-0.1, -0.05) is 6.07 Å². The van der Waals surface area contributed by atoms with E-state index in [0.29, 0.717) is 57.6 Å². The van der Waals surface area contributed by atoms with Crippen molar-refractivity contribution in [3.63, 3.8) is 0 Å². The van der Waals surface area contributed by atoms with Crippen molar-refractivity contribution in [1.82, 2.24) is 39.6 Å². The van der Waals surface area contributed by atoms with Crippen molar-refractivity contribution < 1.29 is 27.9 Å². The Kier molecular flexibility index (Phi) is 7.83. The molecule has 1 unspecified atom stereocenters. The number of rotatable bonds is 8. The molecule has 8 heterocycles. The summed E-state index contributed by atoms with van der Waals surface area (Å²) in [6.45, 7) is 3.38. The van der Waals surface area contributed by atoms with E-state index in [4.69, 9.17) is 9.72 Å². The number of ether oxygens (including phenoxy) is 1. The number of fused-ring (bicyclic) bond motifs is 3. The molecule has 4 aromatic rings. The minimum Gasteiger partial charge on any atom is -0.374 e. The van der Waals surface area contributed by atoms with Crippen LogP contribution in [0.4, 0.5) is 20.3 Å². The van der Waals surface area contributed by atoms with Crippen molar-refractivity contribution in [2.75, 3.05) is 36.5 Å². The Bertz CT molecular complexity index is 1890. The molecule has 0 spiro atoms. The minimum atomic E-state index is -2.88. The molecule has 3 atom stereocenters. The summed E-state index contributed by atoms with van der Waals surface area (Å²) < 4.78 is 37.0. The number of hydrogen-bond acceptors (Lipinski definition) is 10. The molecule has 2 bridgehead atoms. The van der Waals surface area contributed by atoms with Crippen LogP contribution in [0.15, 0.2) is 43.1 Å². The molecule has 4 aliphatic heterocycles. The molecule has 16 heteroatoms. The average molecular weight is 661 g/mol. The zero-order valence-electron chi connectivity index (χ0n) is 26.0. The smallest absolute Gasteiger partial charge is 0.284 e. The van der Waals surface area contributed by atoms with E-state index in [0.717, 1.165) is 29.9 Å². The molecule has 4 aliphatic rings. The Hall–Kier alpha value is -4.83. The number of hydrogen-bond donors (Lipinski definition) is 2. The summed E-state index contributed by atoms with van der Waals surface area (Å²) in [6.07, 6.45) is 8.38. The van der Waals surface area contributed by atoms with Gasteiger partial charge in [-0.15, -0.1) is 0 Å². The summed E-state index contributed by atoms with van der Waals surface area (Å²) in [7, 11) is 0. The normalized spacial score (nSPS) is 23.4. The van der Waals surface area contributed by atoms with Gasteiger partial charge in [0.25, 0.3) is 12.3 Å². The van der Waals surface area contributed by atoms with Crippen LogP contribution in [0, 0.1) is 0 Å². The van der Waals surface area contributed by atoms with Crippen LogP contribution < -0.4 is 15.5 Å². The fourth-order valence-electron chi connectivity index (χ4n) is 7.30. The number of amides is 3. The summed E-state index contributed by atoms with van der Waals surface area (Å²) in [4.78, 5) is 50.7. The quantitative estimate of drug-likeness (QED) is 0.270. The number of nitrogens with one attached hydrogen (secondary N) is 2. The van der Waals surface area contributed by atoms with Gasteiger partial charge in [0.15, 0.2) is 11.3 Å². The van der Waals surface area contributed by atoms with Gasteiger partial charge in [0.2, 0.25) is 11.8 Å². The number of anilines is 2. The Morgan fingerprint density at radius 2 is 1.98 bits per heavy atom. The molecular weight excluding hydrogens is 626 g/mol. The SMILES string of the molecule is O=C1CCC(c2cncc(CN3CCC(n4cc(NC(=O)c5cnn6ccc(N7C[C@H]8C[C@@H]7CO8)nc56)c(C(F)F)n4)CC3)c2)C(=O)N1. The van der Waals surface area contributed by atoms with E-state index in [-0.39, 0.29) is 41.3 Å². The predicted octanol–water partition coefficient (Wildman–Crippen LogP) is 2.85. The third-order valence-electron chi connectivity index (χ3n) is 9.80. The van der Waals surface area contributed by atoms with Gasteiger partial charge in [-0.2, -0.15) is 10.2 Å². The summed E-state index contributed by atoms with van der Waals surface area (Å²) in [5.74, 6) is -0.826. The maximum atomic E-state index is 14.1. The van der Waals surface area contributed by atoms with Gasteiger partial charge >= 0.3 is 0 Å². The van der Waals surface area contributed by atoms with E-state index >= 15 is 0 Å². The monoisotopic (exact) mass is 660 g/mol. The molecule has 4 fully saturated rings. The topological polar surface area (TPSA) is 152 Å². The summed E-state index contributed by atoms with van der Waals surface area (Å²) >= 11 is 0. The number of piperidine rings is 2. The predicted molar refractivity (Wildman–Crippen MR) is 167 cm³/mol. The molecular formula is C32H34F2N10O4. The Balaban J connectivity index is 0.926. The summed E-state index contributed by atoms with van der Waals surface area (Å²) in [5.41, 5.74) is 1.72. The molecule has 14 nitrogen and oxygen atoms in total. The van der Waals surface area contributed by atoms with Crippen molar-refractivity contribution in [2.45, 2.75) is 69.2 Å². The number of likely N-dealkylation sites (tertiary alicyclic amines) is 1. The first-order chi connectivity index (χ1) is 23.3. The van der Waals surface area contributed by atoms with Gasteiger partial charge in [0.05, 0.1) is 42.6 Å². The number of pyridine rings is 1. The first-order valence-corrected chi connectivity index (χ1v) is 16.2. The number of aromatic nitrogens is 6. The van der Waals surface area contributed by atoms with E-state index in [9.17, 15) is 23.2 Å². The number of alkyl halides is 2. The molecule has 3 amide bonds. The van der Waals surface area contributed by atoms with Crippen LogP contribution in [0.25, 0.3) is 5.65 Å². The third-order valence-corrected chi connectivity index (χ3v) is 9.80. The van der Waals surface area contributed by atoms with Crippen molar-refractivity contribution in [1.29, 1.82) is 0 Å². The lowest BCUT2D eigenvalue weighted by molar-refractivity contribution is -0.134. The summed E-state index contributed by atoms with van der Waals surface area (Å²) in [5, 5.41) is 13.5. The lowest BCUT2D eigenvalue weighted by Crippen LogP contribution is -2.39.